The molecule has 2 aliphatic rings. The van der Waals surface area contributed by atoms with Gasteiger partial charge in [-0.25, -0.2) is 0 Å². The first-order valence-electron chi connectivity index (χ1n) is 5.36. The summed E-state index contributed by atoms with van der Waals surface area (Å²) in [5.74, 6) is 1.03. The van der Waals surface area contributed by atoms with E-state index in [-0.39, 0.29) is 12.4 Å². The second-order valence-corrected chi connectivity index (χ2v) is 4.23. The Labute approximate surface area is 87.3 Å². The lowest BCUT2D eigenvalue weighted by Gasteiger charge is -2.36. The van der Waals surface area contributed by atoms with Crippen LogP contribution in [0.5, 0.6) is 0 Å². The maximum atomic E-state index is 5.59. The molecule has 3 heteroatoms. The van der Waals surface area contributed by atoms with Gasteiger partial charge in [0.2, 0.25) is 0 Å². The van der Waals surface area contributed by atoms with Crippen LogP contribution in [-0.4, -0.2) is 30.6 Å². The van der Waals surface area contributed by atoms with Crippen LogP contribution in [0.2, 0.25) is 0 Å². The van der Waals surface area contributed by atoms with Crippen molar-refractivity contribution < 1.29 is 0 Å². The van der Waals surface area contributed by atoms with Crippen LogP contribution in [-0.2, 0) is 0 Å². The summed E-state index contributed by atoms with van der Waals surface area (Å²) in [6.45, 7) is 3.27. The van der Waals surface area contributed by atoms with Crippen LogP contribution in [0.25, 0.3) is 0 Å². The molecule has 1 heterocycles. The summed E-state index contributed by atoms with van der Waals surface area (Å²) in [6, 6.07) is 0.905. The minimum absolute atomic E-state index is 0. The molecule has 1 saturated heterocycles. The van der Waals surface area contributed by atoms with E-state index in [1.165, 1.54) is 38.6 Å². The first-order chi connectivity index (χ1) is 5.92. The van der Waals surface area contributed by atoms with E-state index < -0.39 is 0 Å². The van der Waals surface area contributed by atoms with E-state index >= 15 is 0 Å². The van der Waals surface area contributed by atoms with Gasteiger partial charge in [0, 0.05) is 19.1 Å². The van der Waals surface area contributed by atoms with Crippen molar-refractivity contribution in [1.29, 1.82) is 0 Å². The van der Waals surface area contributed by atoms with Gasteiger partial charge in [-0.3, -0.25) is 4.90 Å². The average molecular weight is 205 g/mol. The van der Waals surface area contributed by atoms with Crippen LogP contribution in [0.4, 0.5) is 0 Å². The van der Waals surface area contributed by atoms with Crippen LogP contribution in [0.3, 0.4) is 0 Å². The summed E-state index contributed by atoms with van der Waals surface area (Å²) >= 11 is 0. The highest BCUT2D eigenvalue weighted by molar-refractivity contribution is 5.85. The van der Waals surface area contributed by atoms with Gasteiger partial charge in [0.15, 0.2) is 0 Å². The van der Waals surface area contributed by atoms with Crippen LogP contribution in [0, 0.1) is 5.92 Å². The van der Waals surface area contributed by atoms with E-state index in [2.05, 4.69) is 4.90 Å². The monoisotopic (exact) mass is 204 g/mol. The van der Waals surface area contributed by atoms with Crippen molar-refractivity contribution in [2.75, 3.05) is 19.6 Å². The van der Waals surface area contributed by atoms with Crippen molar-refractivity contribution in [3.8, 4) is 0 Å². The Morgan fingerprint density at radius 1 is 1.15 bits per heavy atom. The Balaban J connectivity index is 0.000000845. The third-order valence-electron chi connectivity index (χ3n) is 3.52. The molecule has 0 aromatic heterocycles. The zero-order chi connectivity index (χ0) is 8.39. The first kappa shape index (κ1) is 11.3. The normalized spacial score (nSPS) is 29.8. The third kappa shape index (κ3) is 2.36. The minimum atomic E-state index is 0. The van der Waals surface area contributed by atoms with Gasteiger partial charge in [-0.15, -0.1) is 12.4 Å². The van der Waals surface area contributed by atoms with Crippen LogP contribution in [0.15, 0.2) is 0 Å². The second kappa shape index (κ2) is 5.18. The minimum Gasteiger partial charge on any atom is -0.329 e. The zero-order valence-electron chi connectivity index (χ0n) is 8.24. The van der Waals surface area contributed by atoms with Gasteiger partial charge in [0.25, 0.3) is 0 Å². The van der Waals surface area contributed by atoms with Crippen molar-refractivity contribution >= 4 is 12.4 Å². The van der Waals surface area contributed by atoms with Gasteiger partial charge in [0.1, 0.15) is 0 Å². The molecule has 0 amide bonds. The smallest absolute Gasteiger partial charge is 0.0124 e. The lowest BCUT2D eigenvalue weighted by molar-refractivity contribution is 0.135. The Hall–Kier alpha value is 0.210. The molecule has 1 saturated carbocycles. The largest absolute Gasteiger partial charge is 0.329 e. The van der Waals surface area contributed by atoms with Crippen LogP contribution >= 0.6 is 12.4 Å². The van der Waals surface area contributed by atoms with E-state index in [9.17, 15) is 0 Å². The molecule has 1 unspecified atom stereocenters. The number of nitrogens with zero attached hydrogens (tertiary/aromatic N) is 1. The maximum Gasteiger partial charge on any atom is 0.0124 e. The van der Waals surface area contributed by atoms with Crippen LogP contribution < -0.4 is 5.73 Å². The third-order valence-corrected chi connectivity index (χ3v) is 3.52. The number of halogens is 1. The standard InChI is InChI=1S/C10H20N2.ClH/c11-6-8-12-7-2-5-10(12)9-3-1-4-9;/h9-10H,1-8,11H2;1H. The SMILES string of the molecule is Cl.NCCN1CCCC1C1CCC1. The van der Waals surface area contributed by atoms with Gasteiger partial charge in [-0.2, -0.15) is 0 Å². The van der Waals surface area contributed by atoms with E-state index in [0.717, 1.165) is 25.0 Å². The molecule has 0 bridgehead atoms. The van der Waals surface area contributed by atoms with Crippen LogP contribution in [0.1, 0.15) is 32.1 Å². The Morgan fingerprint density at radius 3 is 2.46 bits per heavy atom. The van der Waals surface area contributed by atoms with Gasteiger partial charge < -0.3 is 5.73 Å². The molecule has 0 radical (unpaired) electrons. The number of hydrogen-bond acceptors (Lipinski definition) is 2. The van der Waals surface area contributed by atoms with Gasteiger partial charge >= 0.3 is 0 Å². The summed E-state index contributed by atoms with van der Waals surface area (Å²) < 4.78 is 0. The quantitative estimate of drug-likeness (QED) is 0.758. The predicted molar refractivity (Wildman–Crippen MR) is 58.2 cm³/mol. The Bertz CT molecular complexity index is 148. The predicted octanol–water partition coefficient (Wildman–Crippen LogP) is 1.63. The van der Waals surface area contributed by atoms with Crippen molar-refractivity contribution in [1.82, 2.24) is 4.90 Å². The molecule has 1 aliphatic heterocycles. The summed E-state index contributed by atoms with van der Waals surface area (Å²) in [7, 11) is 0. The summed E-state index contributed by atoms with van der Waals surface area (Å²) in [6.07, 6.45) is 7.26. The maximum absolute atomic E-state index is 5.59. The molecule has 0 aromatic rings. The Kier molecular flexibility index (Phi) is 4.50. The van der Waals surface area contributed by atoms with Gasteiger partial charge in [-0.05, 0) is 38.1 Å². The zero-order valence-corrected chi connectivity index (χ0v) is 9.06. The molecule has 2 fully saturated rings. The summed E-state index contributed by atoms with van der Waals surface area (Å²) in [4.78, 5) is 2.61. The van der Waals surface area contributed by atoms with Crippen molar-refractivity contribution in [2.45, 2.75) is 38.1 Å². The van der Waals surface area contributed by atoms with Crippen molar-refractivity contribution in [3.63, 3.8) is 0 Å². The fraction of sp³-hybridized carbons (Fsp3) is 1.00. The molecule has 2 rings (SSSR count). The topological polar surface area (TPSA) is 29.3 Å². The molecule has 1 aliphatic carbocycles. The highest BCUT2D eigenvalue weighted by atomic mass is 35.5. The molecule has 1 atom stereocenters. The summed E-state index contributed by atoms with van der Waals surface area (Å²) in [5, 5.41) is 0. The van der Waals surface area contributed by atoms with Gasteiger partial charge in [0.05, 0.1) is 0 Å². The second-order valence-electron chi connectivity index (χ2n) is 4.23. The highest BCUT2D eigenvalue weighted by Crippen LogP contribution is 2.36. The van der Waals surface area contributed by atoms with Gasteiger partial charge in [-0.1, -0.05) is 6.42 Å². The lowest BCUT2D eigenvalue weighted by atomic mass is 9.79. The molecule has 0 aromatic carbocycles. The summed E-state index contributed by atoms with van der Waals surface area (Å²) in [5.41, 5.74) is 5.59. The number of nitrogens with two attached hydrogens (primary N) is 1. The number of likely N-dealkylation sites (tertiary alicyclic amines) is 1. The van der Waals surface area contributed by atoms with Crippen molar-refractivity contribution in [2.24, 2.45) is 11.7 Å². The fourth-order valence-electron chi connectivity index (χ4n) is 2.65. The molecular formula is C10H21ClN2. The molecule has 0 spiro atoms. The lowest BCUT2D eigenvalue weighted by Crippen LogP contribution is -2.41. The van der Waals surface area contributed by atoms with E-state index in [1.54, 1.807) is 0 Å². The number of rotatable bonds is 3. The van der Waals surface area contributed by atoms with E-state index in [0.29, 0.717) is 0 Å². The first-order valence-corrected chi connectivity index (χ1v) is 5.36. The molecule has 13 heavy (non-hydrogen) atoms. The Morgan fingerprint density at radius 2 is 1.92 bits per heavy atom. The molecular weight excluding hydrogens is 184 g/mol. The van der Waals surface area contributed by atoms with Crippen molar-refractivity contribution in [3.05, 3.63) is 0 Å². The van der Waals surface area contributed by atoms with E-state index in [1.807, 2.05) is 0 Å². The molecule has 2 N–H and O–H groups in total. The molecule has 2 nitrogen and oxygen atoms in total. The molecule has 78 valence electrons. The number of hydrogen-bond donors (Lipinski definition) is 1. The fourth-order valence-corrected chi connectivity index (χ4v) is 2.65. The highest BCUT2D eigenvalue weighted by Gasteiger charge is 2.33. The average Bonchev–Trinajstić information content (AvgIpc) is 2.35. The van der Waals surface area contributed by atoms with E-state index in [4.69, 9.17) is 5.73 Å².